The molecule has 0 saturated carbocycles. The molecule has 1 saturated heterocycles. The molecule has 1 unspecified atom stereocenters. The second-order valence-corrected chi connectivity index (χ2v) is 6.56. The molecule has 1 amide bonds. The van der Waals surface area contributed by atoms with E-state index in [1.165, 1.54) is 0 Å². The average Bonchev–Trinajstić information content (AvgIpc) is 3.01. The summed E-state index contributed by atoms with van der Waals surface area (Å²) in [6.45, 7) is 0.502. The van der Waals surface area contributed by atoms with Crippen LogP contribution in [0.25, 0.3) is 0 Å². The summed E-state index contributed by atoms with van der Waals surface area (Å²) >= 11 is 1.57. The predicted octanol–water partition coefficient (Wildman–Crippen LogP) is 2.88. The van der Waals surface area contributed by atoms with Gasteiger partial charge in [0, 0.05) is 30.6 Å². The van der Waals surface area contributed by atoms with Crippen LogP contribution in [0.5, 0.6) is 17.2 Å². The molecule has 1 aromatic heterocycles. The van der Waals surface area contributed by atoms with Crippen molar-refractivity contribution in [3.63, 3.8) is 0 Å². The molecular weight excluding hydrogens is 340 g/mol. The molecule has 0 N–H and O–H groups in total. The van der Waals surface area contributed by atoms with Gasteiger partial charge in [-0.05, 0) is 17.7 Å². The highest BCUT2D eigenvalue weighted by Crippen LogP contribution is 2.46. The monoisotopic (exact) mass is 360 g/mol. The molecule has 132 valence electrons. The number of carbonyl (C=O) groups excluding carboxylic acids is 1. The Balaban J connectivity index is 1.97. The Morgan fingerprint density at radius 2 is 1.88 bits per heavy atom. The Labute approximate surface area is 151 Å². The Hall–Kier alpha value is -2.41. The number of benzene rings is 1. The number of hydrogen-bond donors (Lipinski definition) is 0. The summed E-state index contributed by atoms with van der Waals surface area (Å²) in [7, 11) is 4.78. The van der Waals surface area contributed by atoms with Gasteiger partial charge in [-0.25, -0.2) is 0 Å². The van der Waals surface area contributed by atoms with Crippen LogP contribution in [0.15, 0.2) is 36.7 Å². The lowest BCUT2D eigenvalue weighted by Gasteiger charge is -2.26. The third kappa shape index (κ3) is 3.51. The number of thioether (sulfide) groups is 1. The van der Waals surface area contributed by atoms with Gasteiger partial charge in [-0.15, -0.1) is 11.8 Å². The number of rotatable bonds is 6. The van der Waals surface area contributed by atoms with E-state index in [0.29, 0.717) is 29.5 Å². The Kier molecular flexibility index (Phi) is 5.33. The minimum atomic E-state index is -0.150. The molecule has 1 atom stereocenters. The zero-order valence-corrected chi connectivity index (χ0v) is 15.2. The first kappa shape index (κ1) is 17.4. The van der Waals surface area contributed by atoms with Gasteiger partial charge in [0.15, 0.2) is 11.5 Å². The van der Waals surface area contributed by atoms with Crippen LogP contribution < -0.4 is 14.2 Å². The lowest BCUT2D eigenvalue weighted by atomic mass is 10.1. The molecule has 0 aliphatic carbocycles. The third-order valence-electron chi connectivity index (χ3n) is 4.05. The highest BCUT2D eigenvalue weighted by atomic mass is 32.2. The SMILES string of the molecule is COc1cc(OC)c(C2SCC(=O)N2Cc2cccnc2)cc1OC. The minimum absolute atomic E-state index is 0.0932. The summed E-state index contributed by atoms with van der Waals surface area (Å²) in [5.74, 6) is 2.40. The van der Waals surface area contributed by atoms with Crippen molar-refractivity contribution in [3.05, 3.63) is 47.8 Å². The van der Waals surface area contributed by atoms with E-state index in [-0.39, 0.29) is 11.3 Å². The van der Waals surface area contributed by atoms with Gasteiger partial charge in [0.1, 0.15) is 11.1 Å². The van der Waals surface area contributed by atoms with Crippen molar-refractivity contribution in [2.75, 3.05) is 27.1 Å². The van der Waals surface area contributed by atoms with E-state index in [2.05, 4.69) is 4.98 Å². The lowest BCUT2D eigenvalue weighted by Crippen LogP contribution is -2.28. The van der Waals surface area contributed by atoms with E-state index in [1.807, 2.05) is 23.1 Å². The van der Waals surface area contributed by atoms with Gasteiger partial charge in [-0.3, -0.25) is 9.78 Å². The highest BCUT2D eigenvalue weighted by Gasteiger charge is 2.35. The standard InChI is InChI=1S/C18H20N2O4S/c1-22-14-8-16(24-3)15(23-2)7-13(14)18-20(17(21)11-25-18)10-12-5-4-6-19-9-12/h4-9,18H,10-11H2,1-3H3. The van der Waals surface area contributed by atoms with Gasteiger partial charge in [0.2, 0.25) is 5.91 Å². The maximum absolute atomic E-state index is 12.4. The first-order chi connectivity index (χ1) is 12.2. The number of carbonyl (C=O) groups is 1. The molecule has 25 heavy (non-hydrogen) atoms. The van der Waals surface area contributed by atoms with E-state index < -0.39 is 0 Å². The van der Waals surface area contributed by atoms with Gasteiger partial charge in [-0.2, -0.15) is 0 Å². The summed E-state index contributed by atoms with van der Waals surface area (Å²) < 4.78 is 16.3. The number of hydrogen-bond acceptors (Lipinski definition) is 6. The molecule has 1 aromatic carbocycles. The second kappa shape index (κ2) is 7.65. The molecule has 3 rings (SSSR count). The second-order valence-electron chi connectivity index (χ2n) is 5.50. The number of aromatic nitrogens is 1. The fourth-order valence-corrected chi connectivity index (χ4v) is 4.02. The van der Waals surface area contributed by atoms with Crippen LogP contribution in [0.4, 0.5) is 0 Å². The van der Waals surface area contributed by atoms with Gasteiger partial charge in [0.25, 0.3) is 0 Å². The molecule has 0 radical (unpaired) electrons. The summed E-state index contributed by atoms with van der Waals surface area (Å²) in [4.78, 5) is 18.4. The first-order valence-electron chi connectivity index (χ1n) is 7.77. The molecule has 0 spiro atoms. The third-order valence-corrected chi connectivity index (χ3v) is 5.28. The largest absolute Gasteiger partial charge is 0.496 e. The molecule has 1 aliphatic heterocycles. The van der Waals surface area contributed by atoms with Crippen molar-refractivity contribution in [1.82, 2.24) is 9.88 Å². The van der Waals surface area contributed by atoms with Gasteiger partial charge >= 0.3 is 0 Å². The zero-order chi connectivity index (χ0) is 17.8. The van der Waals surface area contributed by atoms with E-state index >= 15 is 0 Å². The molecule has 2 heterocycles. The molecule has 1 aliphatic rings. The van der Waals surface area contributed by atoms with Crippen LogP contribution in [-0.4, -0.2) is 42.9 Å². The molecule has 6 nitrogen and oxygen atoms in total. The van der Waals surface area contributed by atoms with Crippen molar-refractivity contribution in [1.29, 1.82) is 0 Å². The molecular formula is C18H20N2O4S. The van der Waals surface area contributed by atoms with Crippen LogP contribution >= 0.6 is 11.8 Å². The maximum atomic E-state index is 12.4. The van der Waals surface area contributed by atoms with Crippen molar-refractivity contribution in [3.8, 4) is 17.2 Å². The quantitative estimate of drug-likeness (QED) is 0.789. The van der Waals surface area contributed by atoms with Crippen LogP contribution in [0.3, 0.4) is 0 Å². The number of ether oxygens (including phenoxy) is 3. The molecule has 2 aromatic rings. The predicted molar refractivity (Wildman–Crippen MR) is 96.1 cm³/mol. The van der Waals surface area contributed by atoms with Crippen molar-refractivity contribution in [2.24, 2.45) is 0 Å². The fourth-order valence-electron chi connectivity index (χ4n) is 2.82. The van der Waals surface area contributed by atoms with Crippen molar-refractivity contribution >= 4 is 17.7 Å². The fraction of sp³-hybridized carbons (Fsp3) is 0.333. The van der Waals surface area contributed by atoms with Crippen LogP contribution in [0.2, 0.25) is 0 Å². The molecule has 1 fully saturated rings. The average molecular weight is 360 g/mol. The van der Waals surface area contributed by atoms with Gasteiger partial charge in [-0.1, -0.05) is 6.07 Å². The lowest BCUT2D eigenvalue weighted by molar-refractivity contribution is -0.128. The maximum Gasteiger partial charge on any atom is 0.234 e. The van der Waals surface area contributed by atoms with Crippen LogP contribution in [0, 0.1) is 0 Å². The summed E-state index contributed by atoms with van der Waals surface area (Å²) in [5.41, 5.74) is 1.88. The smallest absolute Gasteiger partial charge is 0.234 e. The van der Waals surface area contributed by atoms with Crippen LogP contribution in [0.1, 0.15) is 16.5 Å². The van der Waals surface area contributed by atoms with Gasteiger partial charge in [0.05, 0.1) is 27.1 Å². The number of nitrogens with zero attached hydrogens (tertiary/aromatic N) is 2. The topological polar surface area (TPSA) is 60.9 Å². The Morgan fingerprint density at radius 3 is 2.52 bits per heavy atom. The number of amides is 1. The summed E-state index contributed by atoms with van der Waals surface area (Å²) in [6.07, 6.45) is 3.50. The first-order valence-corrected chi connectivity index (χ1v) is 8.82. The van der Waals surface area contributed by atoms with Crippen molar-refractivity contribution < 1.29 is 19.0 Å². The highest BCUT2D eigenvalue weighted by molar-refractivity contribution is 8.00. The zero-order valence-electron chi connectivity index (χ0n) is 14.4. The van der Waals surface area contributed by atoms with E-state index in [0.717, 1.165) is 11.1 Å². The minimum Gasteiger partial charge on any atom is -0.496 e. The van der Waals surface area contributed by atoms with Crippen LogP contribution in [-0.2, 0) is 11.3 Å². The van der Waals surface area contributed by atoms with E-state index in [4.69, 9.17) is 14.2 Å². The number of methoxy groups -OCH3 is 3. The molecule has 0 bridgehead atoms. The summed E-state index contributed by atoms with van der Waals surface area (Å²) in [5, 5.41) is -0.150. The van der Waals surface area contributed by atoms with Gasteiger partial charge < -0.3 is 19.1 Å². The van der Waals surface area contributed by atoms with E-state index in [9.17, 15) is 4.79 Å². The number of pyridine rings is 1. The molecule has 7 heteroatoms. The Bertz CT molecular complexity index is 754. The van der Waals surface area contributed by atoms with E-state index in [1.54, 1.807) is 51.6 Å². The normalized spacial score (nSPS) is 16.8. The summed E-state index contributed by atoms with van der Waals surface area (Å²) in [6, 6.07) is 7.51. The van der Waals surface area contributed by atoms with Crippen molar-refractivity contribution in [2.45, 2.75) is 11.9 Å². The Morgan fingerprint density at radius 1 is 1.16 bits per heavy atom.